The molecule has 9 aromatic carbocycles. The fraction of sp³-hybridized carbons (Fsp3) is 0. The summed E-state index contributed by atoms with van der Waals surface area (Å²) in [5.74, 6) is 1.54. The van der Waals surface area contributed by atoms with Crippen molar-refractivity contribution in [2.75, 3.05) is 0 Å². The van der Waals surface area contributed by atoms with Crippen molar-refractivity contribution in [2.24, 2.45) is 0 Å². The molecule has 12 aromatic rings. The van der Waals surface area contributed by atoms with Crippen molar-refractivity contribution in [1.82, 2.24) is 34.9 Å². The molecule has 0 amide bonds. The second-order valence-corrected chi connectivity index (χ2v) is 17.3. The molecule has 0 unspecified atom stereocenters. The number of aromatic nitrogens is 7. The Bertz CT molecular complexity index is 4230. The minimum absolute atomic E-state index is 0. The van der Waals surface area contributed by atoms with Crippen molar-refractivity contribution in [1.29, 1.82) is 0 Å². The van der Waals surface area contributed by atoms with Crippen LogP contribution in [0.3, 0.4) is 0 Å². The van der Waals surface area contributed by atoms with E-state index in [0.717, 1.165) is 98.0 Å². The van der Waals surface area contributed by atoms with E-state index in [1.54, 1.807) is 6.07 Å². The number of hydrogen-bond acceptors (Lipinski definition) is 5. The van der Waals surface area contributed by atoms with E-state index >= 15 is 0 Å². The van der Waals surface area contributed by atoms with Gasteiger partial charge in [-0.2, -0.15) is 0 Å². The first-order chi connectivity index (χ1) is 31.5. The second-order valence-electron chi connectivity index (χ2n) is 16.4. The molecular formula is C55H27Cl2N7Pt. The van der Waals surface area contributed by atoms with Crippen LogP contribution in [0.25, 0.3) is 144 Å². The van der Waals surface area contributed by atoms with Crippen molar-refractivity contribution >= 4 is 110 Å². The SMILES string of the molecule is Clc1cc(Cl)cc(-c2c3nc(nc4[n-]c(nc5nc(nc6[n-]c2c2cc7ccccc7cc62)-c2cc6ccccc6cc2-5)c2cc5ccccc5cc42)-c2cc4ccccc4cc2-3)c1.[Pt+2]. The molecule has 0 saturated carbocycles. The Kier molecular flexibility index (Phi) is 8.44. The zero-order valence-electron chi connectivity index (χ0n) is 33.8. The van der Waals surface area contributed by atoms with E-state index < -0.39 is 0 Å². The molecule has 0 radical (unpaired) electrons. The zero-order valence-corrected chi connectivity index (χ0v) is 37.6. The predicted molar refractivity (Wildman–Crippen MR) is 262 cm³/mol. The van der Waals surface area contributed by atoms with Gasteiger partial charge in [-0.05, 0) is 148 Å². The van der Waals surface area contributed by atoms with Crippen LogP contribution in [0.4, 0.5) is 0 Å². The predicted octanol–water partition coefficient (Wildman–Crippen LogP) is 14.3. The molecule has 2 aliphatic rings. The summed E-state index contributed by atoms with van der Waals surface area (Å²) in [5.41, 5.74) is 7.89. The molecule has 306 valence electrons. The molecule has 14 rings (SSSR count). The molecular weight excluding hydrogens is 1020 g/mol. The normalized spacial score (nSPS) is 12.0. The summed E-state index contributed by atoms with van der Waals surface area (Å²) in [4.78, 5) is 37.6. The summed E-state index contributed by atoms with van der Waals surface area (Å²) >= 11 is 13.7. The van der Waals surface area contributed by atoms with Crippen LogP contribution in [0, 0.1) is 0 Å². The molecule has 2 aliphatic heterocycles. The Balaban J connectivity index is 0.00000423. The summed E-state index contributed by atoms with van der Waals surface area (Å²) in [7, 11) is 0. The minimum atomic E-state index is 0. The zero-order chi connectivity index (χ0) is 42.2. The molecule has 0 aliphatic carbocycles. The van der Waals surface area contributed by atoms with Gasteiger partial charge < -0.3 is 24.9 Å². The molecule has 5 heterocycles. The van der Waals surface area contributed by atoms with Crippen molar-refractivity contribution in [3.8, 4) is 56.5 Å². The fourth-order valence-electron chi connectivity index (χ4n) is 9.63. The van der Waals surface area contributed by atoms with E-state index in [9.17, 15) is 0 Å². The topological polar surface area (TPSA) is 92.7 Å². The van der Waals surface area contributed by atoms with Crippen LogP contribution in [-0.4, -0.2) is 24.9 Å². The summed E-state index contributed by atoms with van der Waals surface area (Å²) in [5, 5.41) is 13.0. The largest absolute Gasteiger partial charge is 2.00 e. The molecule has 0 saturated heterocycles. The molecule has 0 atom stereocenters. The first-order valence-corrected chi connectivity index (χ1v) is 21.7. The van der Waals surface area contributed by atoms with Crippen LogP contribution < -0.4 is 9.97 Å². The van der Waals surface area contributed by atoms with Crippen LogP contribution in [0.2, 0.25) is 10.0 Å². The molecule has 0 spiro atoms. The first kappa shape index (κ1) is 38.2. The van der Waals surface area contributed by atoms with Crippen LogP contribution in [0.15, 0.2) is 164 Å². The van der Waals surface area contributed by atoms with Gasteiger partial charge in [-0.1, -0.05) is 120 Å². The number of fused-ring (bicyclic) bond motifs is 24. The summed E-state index contributed by atoms with van der Waals surface area (Å²) in [6, 6.07) is 56.1. The van der Waals surface area contributed by atoms with Crippen LogP contribution in [0.1, 0.15) is 0 Å². The Morgan fingerprint density at radius 1 is 0.338 bits per heavy atom. The van der Waals surface area contributed by atoms with Gasteiger partial charge in [0, 0.05) is 49.2 Å². The van der Waals surface area contributed by atoms with Gasteiger partial charge in [0.15, 0.2) is 0 Å². The third kappa shape index (κ3) is 5.97. The average molecular weight is 1050 g/mol. The Labute approximate surface area is 394 Å². The van der Waals surface area contributed by atoms with E-state index in [4.69, 9.17) is 58.1 Å². The summed E-state index contributed by atoms with van der Waals surface area (Å²) in [6.45, 7) is 0. The Morgan fingerprint density at radius 3 is 1.15 bits per heavy atom. The number of nitrogens with zero attached hydrogens (tertiary/aromatic N) is 7. The third-order valence-electron chi connectivity index (χ3n) is 12.6. The molecule has 8 bridgehead atoms. The Morgan fingerprint density at radius 2 is 0.692 bits per heavy atom. The monoisotopic (exact) mass is 1050 g/mol. The van der Waals surface area contributed by atoms with Crippen molar-refractivity contribution in [2.45, 2.75) is 0 Å². The maximum atomic E-state index is 6.87. The van der Waals surface area contributed by atoms with Gasteiger partial charge in [0.25, 0.3) is 0 Å². The summed E-state index contributed by atoms with van der Waals surface area (Å²) < 4.78 is 0. The van der Waals surface area contributed by atoms with Gasteiger partial charge in [0.2, 0.25) is 0 Å². The maximum Gasteiger partial charge on any atom is 2.00 e. The van der Waals surface area contributed by atoms with Crippen molar-refractivity contribution in [3.63, 3.8) is 0 Å². The smallest absolute Gasteiger partial charge is 0.435 e. The van der Waals surface area contributed by atoms with Gasteiger partial charge in [0.1, 0.15) is 0 Å². The first-order valence-electron chi connectivity index (χ1n) is 20.9. The average Bonchev–Trinajstić information content (AvgIpc) is 4.03. The van der Waals surface area contributed by atoms with Gasteiger partial charge in [-0.25, -0.2) is 9.97 Å². The second kappa shape index (κ2) is 14.4. The molecule has 3 aromatic heterocycles. The van der Waals surface area contributed by atoms with Gasteiger partial charge in [-0.3, -0.25) is 0 Å². The van der Waals surface area contributed by atoms with Crippen molar-refractivity contribution < 1.29 is 21.1 Å². The maximum absolute atomic E-state index is 6.87. The van der Waals surface area contributed by atoms with E-state index in [0.29, 0.717) is 55.7 Å². The third-order valence-corrected chi connectivity index (χ3v) is 13.1. The van der Waals surface area contributed by atoms with Crippen molar-refractivity contribution in [3.05, 3.63) is 174 Å². The van der Waals surface area contributed by atoms with E-state index in [2.05, 4.69) is 97.1 Å². The van der Waals surface area contributed by atoms with Gasteiger partial charge in [-0.15, -0.1) is 0 Å². The fourth-order valence-corrected chi connectivity index (χ4v) is 10.2. The molecule has 0 N–H and O–H groups in total. The molecule has 65 heavy (non-hydrogen) atoms. The quantitative estimate of drug-likeness (QED) is 0.162. The van der Waals surface area contributed by atoms with Crippen LogP contribution in [0.5, 0.6) is 0 Å². The molecule has 7 nitrogen and oxygen atoms in total. The Hall–Kier alpha value is -7.28. The number of halogens is 2. The van der Waals surface area contributed by atoms with Gasteiger partial charge >= 0.3 is 21.1 Å². The number of rotatable bonds is 1. The standard InChI is InChI=1S/C55H27Cl2N7.Pt/c56-37-17-36(18-38(57)27-37)47-48-39-19-28-9-1-3-11-30(28)21-41(39)50(58-48)60-52-43-23-32-13-5-7-15-34(32)25-45(43)54(62-52)64-55-46-26-35-16-8-6-14-33(35)24-44(46)53(63-55)61-51-42-22-31-12-4-2-10-29(31)20-40(42)49(47)59-51;/h1-27H;/q-2;+2. The van der Waals surface area contributed by atoms with E-state index in [-0.39, 0.29) is 21.1 Å². The summed E-state index contributed by atoms with van der Waals surface area (Å²) in [6.07, 6.45) is 0. The molecule has 10 heteroatoms. The molecule has 0 fully saturated rings. The van der Waals surface area contributed by atoms with Crippen LogP contribution >= 0.6 is 23.2 Å². The van der Waals surface area contributed by atoms with E-state index in [1.165, 1.54) is 0 Å². The van der Waals surface area contributed by atoms with Crippen LogP contribution in [-0.2, 0) is 21.1 Å². The number of hydrogen-bond donors (Lipinski definition) is 0. The number of benzene rings is 9. The minimum Gasteiger partial charge on any atom is -0.435 e. The van der Waals surface area contributed by atoms with Gasteiger partial charge in [0.05, 0.1) is 23.2 Å². The van der Waals surface area contributed by atoms with E-state index in [1.807, 2.05) is 60.7 Å².